The average molecular weight is 220 g/mol. The molecule has 0 spiro atoms. The zero-order chi connectivity index (χ0) is 11.5. The molecule has 1 N–H and O–H groups in total. The summed E-state index contributed by atoms with van der Waals surface area (Å²) in [7, 11) is 0. The van der Waals surface area contributed by atoms with Gasteiger partial charge < -0.3 is 10.1 Å². The molecule has 6 heteroatoms. The van der Waals surface area contributed by atoms with Gasteiger partial charge in [0.05, 0.1) is 10.6 Å². The van der Waals surface area contributed by atoms with Crippen LogP contribution in [0.15, 0.2) is 24.4 Å². The van der Waals surface area contributed by atoms with Gasteiger partial charge >= 0.3 is 0 Å². The van der Waals surface area contributed by atoms with Gasteiger partial charge in [-0.3, -0.25) is 14.9 Å². The third-order valence-electron chi connectivity index (χ3n) is 2.03. The third-order valence-corrected chi connectivity index (χ3v) is 2.03. The highest BCUT2D eigenvalue weighted by molar-refractivity contribution is 5.95. The second-order valence-corrected chi connectivity index (χ2v) is 3.19. The molecular weight excluding hydrogens is 212 g/mol. The molecule has 1 aliphatic rings. The Balaban J connectivity index is 2.27. The minimum Gasteiger partial charge on any atom is -0.482 e. The number of hydrogen-bond acceptors (Lipinski definition) is 4. The molecule has 0 fully saturated rings. The van der Waals surface area contributed by atoms with Crippen molar-refractivity contribution < 1.29 is 14.5 Å². The van der Waals surface area contributed by atoms with Crippen molar-refractivity contribution in [1.82, 2.24) is 0 Å². The third kappa shape index (κ3) is 2.17. The first kappa shape index (κ1) is 10.2. The van der Waals surface area contributed by atoms with E-state index in [9.17, 15) is 14.9 Å². The van der Waals surface area contributed by atoms with Crippen LogP contribution in [-0.2, 0) is 4.79 Å². The Morgan fingerprint density at radius 2 is 2.31 bits per heavy atom. The molecule has 0 saturated carbocycles. The minimum atomic E-state index is -0.547. The smallest absolute Gasteiger partial charge is 0.262 e. The summed E-state index contributed by atoms with van der Waals surface area (Å²) in [6.07, 6.45) is 2.19. The molecule has 1 amide bonds. The lowest BCUT2D eigenvalue weighted by atomic mass is 10.1. The maximum absolute atomic E-state index is 11.0. The van der Waals surface area contributed by atoms with Crippen LogP contribution in [0.2, 0.25) is 0 Å². The number of nitrogens with one attached hydrogen (secondary N) is 1. The first-order valence-corrected chi connectivity index (χ1v) is 4.53. The molecule has 0 aromatic heterocycles. The van der Waals surface area contributed by atoms with Crippen molar-refractivity contribution in [3.8, 4) is 5.75 Å². The van der Waals surface area contributed by atoms with E-state index < -0.39 is 4.92 Å². The predicted molar refractivity (Wildman–Crippen MR) is 56.6 cm³/mol. The van der Waals surface area contributed by atoms with Crippen molar-refractivity contribution in [3.05, 3.63) is 40.1 Å². The number of rotatable bonds is 2. The molecule has 2 rings (SSSR count). The van der Waals surface area contributed by atoms with Crippen LogP contribution in [0.25, 0.3) is 6.08 Å². The summed E-state index contributed by atoms with van der Waals surface area (Å²) >= 11 is 0. The molecule has 16 heavy (non-hydrogen) atoms. The van der Waals surface area contributed by atoms with E-state index in [2.05, 4.69) is 5.32 Å². The van der Waals surface area contributed by atoms with E-state index in [0.29, 0.717) is 17.0 Å². The first-order chi connectivity index (χ1) is 7.65. The maximum Gasteiger partial charge on any atom is 0.262 e. The molecule has 1 aromatic rings. The van der Waals surface area contributed by atoms with Crippen LogP contribution in [0.4, 0.5) is 5.69 Å². The van der Waals surface area contributed by atoms with Gasteiger partial charge in [-0.2, -0.15) is 0 Å². The SMILES string of the molecule is O=C1COc2ccc(C=C[N+](=O)[O-])cc2N1. The van der Waals surface area contributed by atoms with E-state index in [1.807, 2.05) is 0 Å². The average Bonchev–Trinajstić information content (AvgIpc) is 2.25. The van der Waals surface area contributed by atoms with Crippen LogP contribution < -0.4 is 10.1 Å². The lowest BCUT2D eigenvalue weighted by Crippen LogP contribution is -2.25. The van der Waals surface area contributed by atoms with Crippen LogP contribution in [-0.4, -0.2) is 17.4 Å². The largest absolute Gasteiger partial charge is 0.482 e. The van der Waals surface area contributed by atoms with Gasteiger partial charge in [-0.05, 0) is 17.7 Å². The Morgan fingerprint density at radius 3 is 3.06 bits per heavy atom. The highest BCUT2D eigenvalue weighted by atomic mass is 16.6. The molecule has 0 atom stereocenters. The van der Waals surface area contributed by atoms with Crippen molar-refractivity contribution in [1.29, 1.82) is 0 Å². The molecule has 0 bridgehead atoms. The Bertz CT molecular complexity index is 482. The fourth-order valence-electron chi connectivity index (χ4n) is 1.35. The first-order valence-electron chi connectivity index (χ1n) is 4.53. The highest BCUT2D eigenvalue weighted by Crippen LogP contribution is 2.28. The van der Waals surface area contributed by atoms with Gasteiger partial charge in [-0.15, -0.1) is 0 Å². The van der Waals surface area contributed by atoms with Gasteiger partial charge in [0.25, 0.3) is 5.91 Å². The quantitative estimate of drug-likeness (QED) is 0.601. The molecule has 6 nitrogen and oxygen atoms in total. The number of ether oxygens (including phenoxy) is 1. The topological polar surface area (TPSA) is 81.5 Å². The summed E-state index contributed by atoms with van der Waals surface area (Å²) in [6, 6.07) is 4.96. The zero-order valence-corrected chi connectivity index (χ0v) is 8.17. The van der Waals surface area contributed by atoms with Crippen molar-refractivity contribution >= 4 is 17.7 Å². The Morgan fingerprint density at radius 1 is 1.50 bits per heavy atom. The van der Waals surface area contributed by atoms with Crippen molar-refractivity contribution in [2.24, 2.45) is 0 Å². The number of amides is 1. The van der Waals surface area contributed by atoms with E-state index in [0.717, 1.165) is 6.20 Å². The lowest BCUT2D eigenvalue weighted by Gasteiger charge is -2.17. The number of benzene rings is 1. The van der Waals surface area contributed by atoms with Crippen LogP contribution >= 0.6 is 0 Å². The molecule has 0 unspecified atom stereocenters. The minimum absolute atomic E-state index is 0.00289. The molecule has 1 aliphatic heterocycles. The van der Waals surface area contributed by atoms with Crippen LogP contribution in [0.3, 0.4) is 0 Å². The number of hydrogen-bond donors (Lipinski definition) is 1. The molecule has 0 radical (unpaired) electrons. The zero-order valence-electron chi connectivity index (χ0n) is 8.17. The van der Waals surface area contributed by atoms with Crippen LogP contribution in [0.5, 0.6) is 5.75 Å². The Labute approximate surface area is 90.7 Å². The summed E-state index contributed by atoms with van der Waals surface area (Å²) in [6.45, 7) is -0.00289. The van der Waals surface area contributed by atoms with Gasteiger partial charge in [0.1, 0.15) is 5.75 Å². The Kier molecular flexibility index (Phi) is 2.55. The second kappa shape index (κ2) is 4.01. The van der Waals surface area contributed by atoms with Gasteiger partial charge in [0, 0.05) is 6.08 Å². The summed E-state index contributed by atoms with van der Waals surface area (Å²) in [5.74, 6) is 0.334. The summed E-state index contributed by atoms with van der Waals surface area (Å²) < 4.78 is 5.15. The molecule has 82 valence electrons. The normalized spacial score (nSPS) is 14.1. The number of carbonyl (C=O) groups is 1. The van der Waals surface area contributed by atoms with E-state index in [1.54, 1.807) is 18.2 Å². The number of nitro groups is 1. The monoisotopic (exact) mass is 220 g/mol. The summed E-state index contributed by atoms with van der Waals surface area (Å²) in [4.78, 5) is 20.6. The molecule has 0 saturated heterocycles. The van der Waals surface area contributed by atoms with E-state index in [1.165, 1.54) is 6.08 Å². The Hall–Kier alpha value is -2.37. The maximum atomic E-state index is 11.0. The molecule has 1 aromatic carbocycles. The van der Waals surface area contributed by atoms with E-state index >= 15 is 0 Å². The highest BCUT2D eigenvalue weighted by Gasteiger charge is 2.15. The fourth-order valence-corrected chi connectivity index (χ4v) is 1.35. The van der Waals surface area contributed by atoms with Crippen molar-refractivity contribution in [3.63, 3.8) is 0 Å². The molecule has 0 aliphatic carbocycles. The fraction of sp³-hybridized carbons (Fsp3) is 0.100. The number of fused-ring (bicyclic) bond motifs is 1. The second-order valence-electron chi connectivity index (χ2n) is 3.19. The van der Waals surface area contributed by atoms with Crippen LogP contribution in [0, 0.1) is 10.1 Å². The molecule has 1 heterocycles. The number of carbonyl (C=O) groups excluding carboxylic acids is 1. The molecular formula is C10H8N2O4. The van der Waals surface area contributed by atoms with E-state index in [4.69, 9.17) is 4.74 Å². The van der Waals surface area contributed by atoms with E-state index in [-0.39, 0.29) is 12.5 Å². The summed E-state index contributed by atoms with van der Waals surface area (Å²) in [5.41, 5.74) is 1.16. The predicted octanol–water partition coefficient (Wildman–Crippen LogP) is 1.26. The standard InChI is InChI=1S/C10H8N2O4/c13-10-6-16-9-2-1-7(3-4-12(14)15)5-8(9)11-10/h1-5H,6H2,(H,11,13). The van der Waals surface area contributed by atoms with Crippen molar-refractivity contribution in [2.45, 2.75) is 0 Å². The van der Waals surface area contributed by atoms with Gasteiger partial charge in [0.15, 0.2) is 6.61 Å². The summed E-state index contributed by atoms with van der Waals surface area (Å²) in [5, 5.41) is 12.8. The van der Waals surface area contributed by atoms with Crippen molar-refractivity contribution in [2.75, 3.05) is 11.9 Å². The lowest BCUT2D eigenvalue weighted by molar-refractivity contribution is -0.400. The number of anilines is 1. The van der Waals surface area contributed by atoms with Gasteiger partial charge in [0.2, 0.25) is 6.20 Å². The van der Waals surface area contributed by atoms with Gasteiger partial charge in [-0.25, -0.2) is 0 Å². The van der Waals surface area contributed by atoms with Gasteiger partial charge in [-0.1, -0.05) is 6.07 Å². The van der Waals surface area contributed by atoms with Crippen LogP contribution in [0.1, 0.15) is 5.56 Å². The number of nitrogens with zero attached hydrogens (tertiary/aromatic N) is 1.